The molecule has 0 aliphatic rings. The van der Waals surface area contributed by atoms with Crippen LogP contribution in [0.4, 0.5) is 4.79 Å². The van der Waals surface area contributed by atoms with E-state index in [0.29, 0.717) is 12.8 Å². The van der Waals surface area contributed by atoms with Gasteiger partial charge in [0.1, 0.15) is 5.75 Å². The Kier molecular flexibility index (Phi) is 8.77. The van der Waals surface area contributed by atoms with Gasteiger partial charge in [0, 0.05) is 0 Å². The molecule has 0 spiro atoms. The van der Waals surface area contributed by atoms with Gasteiger partial charge < -0.3 is 33.6 Å². The molecule has 2 N–H and O–H groups in total. The van der Waals surface area contributed by atoms with Gasteiger partial charge in [0.05, 0.1) is 12.7 Å². The monoisotopic (exact) mass is 454 g/mol. The average Bonchev–Trinajstić information content (AvgIpc) is 3.05. The van der Waals surface area contributed by atoms with Crippen molar-refractivity contribution < 1.29 is 42.9 Å². The minimum Gasteiger partial charge on any atom is -0.456 e. The van der Waals surface area contributed by atoms with Crippen LogP contribution in [0.3, 0.4) is 0 Å². The Morgan fingerprint density at radius 2 is 1.94 bits per heavy atom. The lowest BCUT2D eigenvalue weighted by atomic mass is 10.1. The van der Waals surface area contributed by atoms with E-state index >= 15 is 0 Å². The molecule has 0 saturated carbocycles. The third-order valence-electron chi connectivity index (χ3n) is 4.13. The molecule has 0 aliphatic carbocycles. The lowest BCUT2D eigenvalue weighted by Gasteiger charge is -2.19. The Morgan fingerprint density at radius 3 is 2.50 bits per heavy atom. The van der Waals surface area contributed by atoms with Crippen LogP contribution in [0.25, 0.3) is 0 Å². The number of nitrogens with one attached hydrogen (secondary N) is 1. The quantitative estimate of drug-likeness (QED) is 0.216. The number of esters is 1. The highest BCUT2D eigenvalue weighted by Gasteiger charge is 2.28. The summed E-state index contributed by atoms with van der Waals surface area (Å²) in [5.74, 6) is -1.62. The Labute approximate surface area is 181 Å². The molecule has 0 aliphatic heterocycles. The Balaban J connectivity index is 1.85. The Hall–Kier alpha value is -3.87. The lowest BCUT2D eigenvalue weighted by Crippen LogP contribution is -2.49. The molecular weight excluding hydrogens is 432 g/mol. The maximum Gasteiger partial charge on any atom is 0.519 e. The first-order chi connectivity index (χ1) is 15.2. The molecule has 0 fully saturated rings. The summed E-state index contributed by atoms with van der Waals surface area (Å²) >= 11 is 0. The highest BCUT2D eigenvalue weighted by Crippen LogP contribution is 2.14. The minimum absolute atomic E-state index is 0.000280. The summed E-state index contributed by atoms with van der Waals surface area (Å²) in [7, 11) is 0. The van der Waals surface area contributed by atoms with E-state index in [9.17, 15) is 29.6 Å². The van der Waals surface area contributed by atoms with Crippen LogP contribution in [-0.2, 0) is 27.4 Å². The zero-order valence-corrected chi connectivity index (χ0v) is 17.3. The Morgan fingerprint density at radius 1 is 1.25 bits per heavy atom. The lowest BCUT2D eigenvalue weighted by molar-refractivity contribution is -0.757. The molecule has 0 saturated heterocycles. The van der Waals surface area contributed by atoms with Crippen molar-refractivity contribution in [1.82, 2.24) is 5.32 Å². The number of hydrogen-bond acceptors (Lipinski definition) is 11. The highest BCUT2D eigenvalue weighted by atomic mass is 16.9. The van der Waals surface area contributed by atoms with Crippen LogP contribution in [0.15, 0.2) is 37.9 Å². The van der Waals surface area contributed by atoms with Gasteiger partial charge in [-0.1, -0.05) is 12.1 Å². The second kappa shape index (κ2) is 11.5. The number of aryl methyl sites for hydroxylation is 2. The highest BCUT2D eigenvalue weighted by molar-refractivity contribution is 5.82. The van der Waals surface area contributed by atoms with Crippen molar-refractivity contribution >= 4 is 12.1 Å². The van der Waals surface area contributed by atoms with Crippen molar-refractivity contribution in [1.29, 1.82) is 0 Å². The summed E-state index contributed by atoms with van der Waals surface area (Å²) in [6.45, 7) is 2.26. The predicted octanol–water partition coefficient (Wildman–Crippen LogP) is 1.26. The summed E-state index contributed by atoms with van der Waals surface area (Å²) in [5, 5.41) is 21.3. The van der Waals surface area contributed by atoms with Gasteiger partial charge in [-0.2, -0.15) is 0 Å². The number of ether oxygens (including phenoxy) is 2. The van der Waals surface area contributed by atoms with E-state index in [1.165, 1.54) is 26.0 Å². The molecule has 2 unspecified atom stereocenters. The molecule has 174 valence electrons. The van der Waals surface area contributed by atoms with Crippen LogP contribution in [0.5, 0.6) is 5.75 Å². The van der Waals surface area contributed by atoms with E-state index in [1.54, 1.807) is 12.1 Å². The van der Waals surface area contributed by atoms with Gasteiger partial charge in [0.15, 0.2) is 24.2 Å². The maximum absolute atomic E-state index is 12.2. The van der Waals surface area contributed by atoms with Gasteiger partial charge in [-0.15, -0.1) is 10.1 Å². The normalized spacial score (nSPS) is 12.5. The Bertz CT molecular complexity index is 978. The minimum atomic E-state index is -1.44. The molecule has 13 nitrogen and oxygen atoms in total. The van der Waals surface area contributed by atoms with Crippen LogP contribution in [0, 0.1) is 17.0 Å². The molecule has 2 atom stereocenters. The summed E-state index contributed by atoms with van der Waals surface area (Å²) in [5.41, 5.74) is 0.844. The van der Waals surface area contributed by atoms with Crippen LogP contribution >= 0.6 is 0 Å². The van der Waals surface area contributed by atoms with Crippen molar-refractivity contribution in [3.8, 4) is 5.75 Å². The van der Waals surface area contributed by atoms with Crippen molar-refractivity contribution in [3.63, 3.8) is 0 Å². The summed E-state index contributed by atoms with van der Waals surface area (Å²) < 4.78 is 19.4. The number of rotatable bonds is 11. The molecule has 2 rings (SSSR count). The van der Waals surface area contributed by atoms with E-state index < -0.39 is 41.7 Å². The van der Waals surface area contributed by atoms with Crippen LogP contribution in [-0.4, -0.2) is 41.0 Å². The number of carbonyl (C=O) groups is 2. The fourth-order valence-electron chi connectivity index (χ4n) is 2.51. The number of nitrogens with zero attached hydrogens (tertiary/aromatic N) is 1. The van der Waals surface area contributed by atoms with E-state index in [-0.39, 0.29) is 23.9 Å². The smallest absolute Gasteiger partial charge is 0.456 e. The molecule has 32 heavy (non-hydrogen) atoms. The molecule has 1 aromatic heterocycles. The standard InChI is InChI=1S/C19H22N2O11/c1-11(22)16(17(23)28-10-15-12(2)30-19(25)32-15)20-18(24)31-14-7-5-13(6-8-14)4-3-9-29-21(26)27/h5-8,11,16,22H,3-4,9-10H2,1-2H3,(H,20,24). The van der Waals surface area contributed by atoms with E-state index in [0.717, 1.165) is 5.56 Å². The van der Waals surface area contributed by atoms with E-state index in [1.807, 2.05) is 0 Å². The first-order valence-electron chi connectivity index (χ1n) is 9.44. The van der Waals surface area contributed by atoms with E-state index in [4.69, 9.17) is 13.9 Å². The zero-order valence-electron chi connectivity index (χ0n) is 17.3. The van der Waals surface area contributed by atoms with Gasteiger partial charge in [-0.05, 0) is 44.4 Å². The SMILES string of the molecule is Cc1oc(=O)oc1COC(=O)C(NC(=O)Oc1ccc(CCCO[N+](=O)[O-])cc1)C(C)O. The van der Waals surface area contributed by atoms with Gasteiger partial charge in [0.25, 0.3) is 5.09 Å². The molecule has 2 aromatic rings. The van der Waals surface area contributed by atoms with Crippen LogP contribution in [0.1, 0.15) is 30.4 Å². The predicted molar refractivity (Wildman–Crippen MR) is 104 cm³/mol. The summed E-state index contributed by atoms with van der Waals surface area (Å²) in [6.07, 6.45) is -1.36. The molecule has 0 bridgehead atoms. The molecule has 1 amide bonds. The van der Waals surface area contributed by atoms with Crippen molar-refractivity contribution in [2.24, 2.45) is 0 Å². The third-order valence-corrected chi connectivity index (χ3v) is 4.13. The summed E-state index contributed by atoms with van der Waals surface area (Å²) in [4.78, 5) is 49.7. The molecule has 13 heteroatoms. The topological polar surface area (TPSA) is 181 Å². The third kappa shape index (κ3) is 7.75. The number of hydrogen-bond donors (Lipinski definition) is 2. The molecular formula is C19H22N2O11. The largest absolute Gasteiger partial charge is 0.519 e. The van der Waals surface area contributed by atoms with E-state index in [2.05, 4.69) is 14.6 Å². The number of amides is 1. The number of benzene rings is 1. The van der Waals surface area contributed by atoms with Gasteiger partial charge in [0.2, 0.25) is 0 Å². The average molecular weight is 454 g/mol. The number of carbonyl (C=O) groups excluding carboxylic acids is 2. The molecule has 0 radical (unpaired) electrons. The van der Waals surface area contributed by atoms with Gasteiger partial charge >= 0.3 is 17.9 Å². The number of aliphatic hydroxyl groups excluding tert-OH is 1. The second-order valence-corrected chi connectivity index (χ2v) is 6.60. The molecule has 1 heterocycles. The second-order valence-electron chi connectivity index (χ2n) is 6.60. The first-order valence-corrected chi connectivity index (χ1v) is 9.44. The van der Waals surface area contributed by atoms with Crippen molar-refractivity contribution in [3.05, 3.63) is 62.1 Å². The fourth-order valence-corrected chi connectivity index (χ4v) is 2.51. The number of aliphatic hydroxyl groups is 1. The van der Waals surface area contributed by atoms with Gasteiger partial charge in [-0.3, -0.25) is 0 Å². The van der Waals surface area contributed by atoms with Crippen molar-refractivity contribution in [2.45, 2.75) is 45.4 Å². The van der Waals surface area contributed by atoms with Gasteiger partial charge in [-0.25, -0.2) is 14.4 Å². The maximum atomic E-state index is 12.2. The zero-order chi connectivity index (χ0) is 23.7. The van der Waals surface area contributed by atoms with Crippen LogP contribution in [0.2, 0.25) is 0 Å². The molecule has 1 aromatic carbocycles. The summed E-state index contributed by atoms with van der Waals surface area (Å²) in [6, 6.07) is 4.89. The van der Waals surface area contributed by atoms with Crippen LogP contribution < -0.4 is 15.9 Å². The first kappa shape index (κ1) is 24.4. The van der Waals surface area contributed by atoms with Crippen molar-refractivity contribution in [2.75, 3.05) is 6.61 Å². The fraction of sp³-hybridized carbons (Fsp3) is 0.421.